The van der Waals surface area contributed by atoms with Gasteiger partial charge in [0.25, 0.3) is 0 Å². The van der Waals surface area contributed by atoms with Gasteiger partial charge in [0.05, 0.1) is 35.2 Å². The van der Waals surface area contributed by atoms with Crippen LogP contribution in [0.15, 0.2) is 52.4 Å². The summed E-state index contributed by atoms with van der Waals surface area (Å²) in [5, 5.41) is 0. The first kappa shape index (κ1) is 19.7. The molecule has 3 heteroatoms. The van der Waals surface area contributed by atoms with Crippen LogP contribution in [0.2, 0.25) is 0 Å². The Morgan fingerprint density at radius 2 is 0.964 bits per heavy atom. The second-order valence-corrected chi connectivity index (χ2v) is 7.50. The molecule has 0 amide bonds. The molecule has 0 bridgehead atoms. The first-order chi connectivity index (χ1) is 13.3. The minimum atomic E-state index is 0.820. The number of hydrogen-bond donors (Lipinski definition) is 0. The third-order valence-corrected chi connectivity index (χ3v) is 4.71. The molecule has 0 N–H and O–H groups in total. The minimum absolute atomic E-state index is 0.820. The molecule has 2 aromatic carbocycles. The number of rotatable bonds is 4. The van der Waals surface area contributed by atoms with Crippen molar-refractivity contribution in [1.29, 1.82) is 0 Å². The lowest BCUT2D eigenvalue weighted by molar-refractivity contribution is 1.25. The molecular formula is C25H27N3. The van der Waals surface area contributed by atoms with E-state index in [1.165, 1.54) is 33.4 Å². The lowest BCUT2D eigenvalue weighted by Crippen LogP contribution is -1.94. The highest BCUT2D eigenvalue weighted by molar-refractivity contribution is 5.85. The lowest BCUT2D eigenvalue weighted by atomic mass is 10.1. The molecule has 0 saturated carbocycles. The van der Waals surface area contributed by atoms with E-state index in [1.807, 2.05) is 30.6 Å². The quantitative estimate of drug-likeness (QED) is 0.488. The molecular weight excluding hydrogens is 342 g/mol. The van der Waals surface area contributed by atoms with Crippen LogP contribution in [0, 0.1) is 41.5 Å². The van der Waals surface area contributed by atoms with E-state index < -0.39 is 0 Å². The predicted molar refractivity (Wildman–Crippen MR) is 120 cm³/mol. The van der Waals surface area contributed by atoms with Crippen molar-refractivity contribution < 1.29 is 0 Å². The van der Waals surface area contributed by atoms with Crippen LogP contribution in [0.25, 0.3) is 0 Å². The lowest BCUT2D eigenvalue weighted by Gasteiger charge is -2.07. The number of aryl methyl sites for hydroxylation is 6. The molecule has 0 radical (unpaired) electrons. The largest absolute Gasteiger partial charge is 0.254 e. The second-order valence-electron chi connectivity index (χ2n) is 7.50. The molecule has 1 heterocycles. The third kappa shape index (κ3) is 4.61. The summed E-state index contributed by atoms with van der Waals surface area (Å²) in [6.07, 6.45) is 3.65. The van der Waals surface area contributed by atoms with Crippen LogP contribution in [0.4, 0.5) is 11.4 Å². The highest BCUT2D eigenvalue weighted by Crippen LogP contribution is 2.26. The maximum absolute atomic E-state index is 4.68. The fraction of sp³-hybridized carbons (Fsp3) is 0.240. The molecule has 0 fully saturated rings. The van der Waals surface area contributed by atoms with Crippen molar-refractivity contribution in [3.05, 3.63) is 87.2 Å². The molecule has 0 atom stereocenters. The van der Waals surface area contributed by atoms with E-state index in [-0.39, 0.29) is 0 Å². The molecule has 142 valence electrons. The Labute approximate surface area is 167 Å². The summed E-state index contributed by atoms with van der Waals surface area (Å²) in [6.45, 7) is 12.6. The Hall–Kier alpha value is -3.07. The van der Waals surface area contributed by atoms with Gasteiger partial charge in [-0.25, -0.2) is 4.98 Å². The summed E-state index contributed by atoms with van der Waals surface area (Å²) in [4.78, 5) is 14.0. The maximum Gasteiger partial charge on any atom is 0.0820 e. The predicted octanol–water partition coefficient (Wildman–Crippen LogP) is 6.43. The van der Waals surface area contributed by atoms with Gasteiger partial charge < -0.3 is 0 Å². The van der Waals surface area contributed by atoms with Gasteiger partial charge in [-0.1, -0.05) is 41.5 Å². The van der Waals surface area contributed by atoms with Crippen LogP contribution in [0.3, 0.4) is 0 Å². The molecule has 0 aliphatic rings. The van der Waals surface area contributed by atoms with Gasteiger partial charge in [-0.3, -0.25) is 9.98 Å². The second kappa shape index (κ2) is 8.30. The topological polar surface area (TPSA) is 37.6 Å². The van der Waals surface area contributed by atoms with Crippen LogP contribution in [-0.4, -0.2) is 17.4 Å². The van der Waals surface area contributed by atoms with E-state index in [9.17, 15) is 0 Å². The zero-order valence-corrected chi connectivity index (χ0v) is 17.5. The van der Waals surface area contributed by atoms with Gasteiger partial charge in [0.15, 0.2) is 0 Å². The number of benzene rings is 2. The van der Waals surface area contributed by atoms with Crippen molar-refractivity contribution in [3.8, 4) is 0 Å². The summed E-state index contributed by atoms with van der Waals surface area (Å²) < 4.78 is 0. The third-order valence-electron chi connectivity index (χ3n) is 4.71. The summed E-state index contributed by atoms with van der Waals surface area (Å²) in [5.41, 5.74) is 10.9. The van der Waals surface area contributed by atoms with Crippen molar-refractivity contribution in [3.63, 3.8) is 0 Å². The highest BCUT2D eigenvalue weighted by Gasteiger charge is 2.03. The zero-order valence-electron chi connectivity index (χ0n) is 17.5. The van der Waals surface area contributed by atoms with Crippen molar-refractivity contribution >= 4 is 23.8 Å². The monoisotopic (exact) mass is 369 g/mol. The van der Waals surface area contributed by atoms with E-state index in [0.29, 0.717) is 0 Å². The van der Waals surface area contributed by atoms with Crippen LogP contribution < -0.4 is 0 Å². The SMILES string of the molecule is Cc1cc(C)c(N=Cc2cccc(C=Nc3c(C)cc(C)cc3C)n2)c(C)c1. The zero-order chi connectivity index (χ0) is 20.3. The van der Waals surface area contributed by atoms with E-state index in [1.54, 1.807) is 0 Å². The van der Waals surface area contributed by atoms with E-state index in [4.69, 9.17) is 0 Å². The van der Waals surface area contributed by atoms with Crippen LogP contribution in [0.1, 0.15) is 44.8 Å². The molecule has 28 heavy (non-hydrogen) atoms. The molecule has 3 rings (SSSR count). The molecule has 0 spiro atoms. The van der Waals surface area contributed by atoms with Crippen molar-refractivity contribution in [1.82, 2.24) is 4.98 Å². The number of pyridine rings is 1. The van der Waals surface area contributed by atoms with Crippen LogP contribution in [-0.2, 0) is 0 Å². The molecule has 1 aromatic heterocycles. The summed E-state index contributed by atoms with van der Waals surface area (Å²) >= 11 is 0. The average molecular weight is 370 g/mol. The summed E-state index contributed by atoms with van der Waals surface area (Å²) in [6, 6.07) is 14.5. The van der Waals surface area contributed by atoms with Crippen LogP contribution >= 0.6 is 0 Å². The number of hydrogen-bond acceptors (Lipinski definition) is 3. The summed E-state index contributed by atoms with van der Waals surface area (Å²) in [5.74, 6) is 0. The van der Waals surface area contributed by atoms with Crippen molar-refractivity contribution in [2.45, 2.75) is 41.5 Å². The number of aromatic nitrogens is 1. The Morgan fingerprint density at radius 1 is 0.607 bits per heavy atom. The molecule has 3 aromatic rings. The molecule has 0 aliphatic carbocycles. The molecule has 0 saturated heterocycles. The molecule has 0 aliphatic heterocycles. The summed E-state index contributed by atoms with van der Waals surface area (Å²) in [7, 11) is 0. The van der Waals surface area contributed by atoms with E-state index in [2.05, 4.69) is 80.8 Å². The Balaban J connectivity index is 1.86. The van der Waals surface area contributed by atoms with Crippen molar-refractivity contribution in [2.24, 2.45) is 9.98 Å². The highest BCUT2D eigenvalue weighted by atomic mass is 14.8. The van der Waals surface area contributed by atoms with Gasteiger partial charge in [-0.15, -0.1) is 0 Å². The van der Waals surface area contributed by atoms with Crippen molar-refractivity contribution in [2.75, 3.05) is 0 Å². The standard InChI is InChI=1S/C25H27N3/c1-16-10-18(3)24(19(4)11-16)26-14-22-8-7-9-23(28-22)15-27-25-20(5)12-17(2)13-21(25)6/h7-15H,1-6H3. The first-order valence-electron chi connectivity index (χ1n) is 9.54. The Bertz CT molecular complexity index is 946. The smallest absolute Gasteiger partial charge is 0.0820 e. The Kier molecular flexibility index (Phi) is 5.84. The van der Waals surface area contributed by atoms with Gasteiger partial charge in [0, 0.05) is 0 Å². The molecule has 0 unspecified atom stereocenters. The Morgan fingerprint density at radius 3 is 1.32 bits per heavy atom. The van der Waals surface area contributed by atoms with Gasteiger partial charge >= 0.3 is 0 Å². The normalized spacial score (nSPS) is 11.6. The first-order valence-corrected chi connectivity index (χ1v) is 9.54. The van der Waals surface area contributed by atoms with Gasteiger partial charge in [0.2, 0.25) is 0 Å². The van der Waals surface area contributed by atoms with E-state index >= 15 is 0 Å². The maximum atomic E-state index is 4.68. The van der Waals surface area contributed by atoms with Crippen LogP contribution in [0.5, 0.6) is 0 Å². The average Bonchev–Trinajstić information content (AvgIpc) is 2.60. The minimum Gasteiger partial charge on any atom is -0.254 e. The van der Waals surface area contributed by atoms with E-state index in [0.717, 1.165) is 22.8 Å². The van der Waals surface area contributed by atoms with Gasteiger partial charge in [-0.05, 0) is 75.9 Å². The fourth-order valence-corrected chi connectivity index (χ4v) is 3.63. The number of nitrogens with zero attached hydrogens (tertiary/aromatic N) is 3. The van der Waals surface area contributed by atoms with Gasteiger partial charge in [-0.2, -0.15) is 0 Å². The fourth-order valence-electron chi connectivity index (χ4n) is 3.63. The van der Waals surface area contributed by atoms with Gasteiger partial charge in [0.1, 0.15) is 0 Å². The molecule has 3 nitrogen and oxygen atoms in total. The number of aliphatic imine (C=N–C) groups is 2.